The number of anilines is 1. The Kier molecular flexibility index (Phi) is 7.76. The number of benzene rings is 1. The minimum Gasteiger partial charge on any atom is -0.497 e. The Balaban J connectivity index is 1.91. The largest absolute Gasteiger partial charge is 0.497 e. The van der Waals surface area contributed by atoms with Gasteiger partial charge in [-0.05, 0) is 54.8 Å². The molecule has 2 rings (SSSR count). The Morgan fingerprint density at radius 3 is 2.77 bits per heavy atom. The van der Waals surface area contributed by atoms with Gasteiger partial charge < -0.3 is 14.8 Å². The number of rotatable bonds is 9. The van der Waals surface area contributed by atoms with Crippen LogP contribution in [-0.2, 0) is 18.0 Å². The van der Waals surface area contributed by atoms with Gasteiger partial charge in [0.1, 0.15) is 12.5 Å². The maximum Gasteiger partial charge on any atom is 0.227 e. The minimum absolute atomic E-state index is 0.412. The van der Waals surface area contributed by atoms with Crippen molar-refractivity contribution in [2.45, 2.75) is 13.3 Å². The molecule has 0 atom stereocenters. The van der Waals surface area contributed by atoms with Crippen LogP contribution in [0.15, 0.2) is 29.0 Å². The summed E-state index contributed by atoms with van der Waals surface area (Å²) >= 11 is 5.63. The molecule has 1 heterocycles. The first-order valence-corrected chi connectivity index (χ1v) is 10.8. The fraction of sp³-hybridized carbons (Fsp3) is 0.385. The monoisotopic (exact) mass is 498 g/mol. The second kappa shape index (κ2) is 9.58. The maximum absolute atomic E-state index is 5.59. The van der Waals surface area contributed by atoms with Crippen molar-refractivity contribution < 1.29 is 9.47 Å². The van der Waals surface area contributed by atoms with Crippen molar-refractivity contribution >= 4 is 52.0 Å². The highest BCUT2D eigenvalue weighted by molar-refractivity contribution is 14.2. The van der Waals surface area contributed by atoms with Crippen molar-refractivity contribution in [1.82, 2.24) is 14.8 Å². The zero-order valence-electron chi connectivity index (χ0n) is 12.0. The molecule has 6 nitrogen and oxygen atoms in total. The van der Waals surface area contributed by atoms with Crippen LogP contribution in [0.1, 0.15) is 5.56 Å². The Morgan fingerprint density at radius 1 is 1.32 bits per heavy atom. The normalized spacial score (nSPS) is 10.7. The number of ether oxygens (including phenoxy) is 2. The number of nitrogens with zero attached hydrogens (tertiary/aromatic N) is 3. The first kappa shape index (κ1) is 17.8. The molecule has 0 unspecified atom stereocenters. The lowest BCUT2D eigenvalue weighted by molar-refractivity contribution is 0.0895. The van der Waals surface area contributed by atoms with Crippen LogP contribution in [0.4, 0.5) is 5.95 Å². The third kappa shape index (κ3) is 5.28. The van der Waals surface area contributed by atoms with Gasteiger partial charge in [0.25, 0.3) is 0 Å². The van der Waals surface area contributed by atoms with Crippen LogP contribution in [0.2, 0.25) is 0 Å². The summed E-state index contributed by atoms with van der Waals surface area (Å²) in [5, 5.41) is 11.4. The SMILES string of the molecule is COc1ccc(CNc2nnc(Br)n2COCCSI)cc1. The Bertz CT molecular complexity index is 582. The van der Waals surface area contributed by atoms with Gasteiger partial charge in [-0.1, -0.05) is 21.1 Å². The van der Waals surface area contributed by atoms with Gasteiger partial charge in [0.15, 0.2) is 0 Å². The van der Waals surface area contributed by atoms with Crippen LogP contribution in [0.3, 0.4) is 0 Å². The average molecular weight is 499 g/mol. The topological polar surface area (TPSA) is 61.2 Å². The zero-order valence-corrected chi connectivity index (χ0v) is 16.5. The predicted octanol–water partition coefficient (Wildman–Crippen LogP) is 3.72. The van der Waals surface area contributed by atoms with Crippen LogP contribution >= 0.6 is 46.1 Å². The summed E-state index contributed by atoms with van der Waals surface area (Å²) in [4.78, 5) is 0. The van der Waals surface area contributed by atoms with E-state index >= 15 is 0 Å². The van der Waals surface area contributed by atoms with Crippen molar-refractivity contribution in [2.24, 2.45) is 0 Å². The lowest BCUT2D eigenvalue weighted by atomic mass is 10.2. The molecule has 0 radical (unpaired) electrons. The van der Waals surface area contributed by atoms with Crippen LogP contribution in [0, 0.1) is 0 Å². The van der Waals surface area contributed by atoms with Crippen molar-refractivity contribution in [3.63, 3.8) is 0 Å². The number of aromatic nitrogens is 3. The summed E-state index contributed by atoms with van der Waals surface area (Å²) in [6.45, 7) is 1.75. The number of nitrogens with one attached hydrogen (secondary N) is 1. The van der Waals surface area contributed by atoms with E-state index in [4.69, 9.17) is 9.47 Å². The summed E-state index contributed by atoms with van der Waals surface area (Å²) in [6, 6.07) is 7.89. The number of methoxy groups -OCH3 is 1. The lowest BCUT2D eigenvalue weighted by Gasteiger charge is -2.10. The maximum atomic E-state index is 5.59. The van der Waals surface area contributed by atoms with Gasteiger partial charge >= 0.3 is 0 Å². The minimum atomic E-state index is 0.412. The third-order valence-electron chi connectivity index (χ3n) is 2.84. The molecule has 0 bridgehead atoms. The molecule has 0 saturated carbocycles. The molecule has 0 amide bonds. The first-order chi connectivity index (χ1) is 10.7. The van der Waals surface area contributed by atoms with Crippen LogP contribution in [-0.4, -0.2) is 34.2 Å². The summed E-state index contributed by atoms with van der Waals surface area (Å²) in [5.41, 5.74) is 1.13. The zero-order chi connectivity index (χ0) is 15.8. The van der Waals surface area contributed by atoms with Crippen molar-refractivity contribution in [2.75, 3.05) is 24.8 Å². The van der Waals surface area contributed by atoms with Gasteiger partial charge in [-0.2, -0.15) is 0 Å². The highest BCUT2D eigenvalue weighted by Crippen LogP contribution is 2.16. The van der Waals surface area contributed by atoms with E-state index in [0.717, 1.165) is 17.1 Å². The molecule has 22 heavy (non-hydrogen) atoms. The number of halogens is 2. The summed E-state index contributed by atoms with van der Waals surface area (Å²) in [7, 11) is 3.38. The van der Waals surface area contributed by atoms with E-state index in [2.05, 4.69) is 52.6 Å². The van der Waals surface area contributed by atoms with Gasteiger partial charge in [-0.3, -0.25) is 4.57 Å². The molecular weight excluding hydrogens is 483 g/mol. The molecule has 9 heteroatoms. The van der Waals surface area contributed by atoms with Crippen LogP contribution in [0.25, 0.3) is 0 Å². The second-order valence-corrected chi connectivity index (χ2v) is 7.48. The number of hydrogen-bond donors (Lipinski definition) is 1. The molecular formula is C13H16BrIN4O2S. The van der Waals surface area contributed by atoms with Crippen LogP contribution in [0.5, 0.6) is 5.75 Å². The van der Waals surface area contributed by atoms with E-state index in [1.165, 1.54) is 0 Å². The summed E-state index contributed by atoms with van der Waals surface area (Å²) in [5.74, 6) is 2.47. The quantitative estimate of drug-likeness (QED) is 0.420. The van der Waals surface area contributed by atoms with E-state index in [9.17, 15) is 0 Å². The standard InChI is InChI=1S/C13H16BrIN4O2S/c1-20-11-4-2-10(3-5-11)8-16-13-18-17-12(14)19(13)9-21-6-7-22-15/h2-5H,6-9H2,1H3,(H,16,18). The van der Waals surface area contributed by atoms with Gasteiger partial charge in [0.2, 0.25) is 10.7 Å². The summed E-state index contributed by atoms with van der Waals surface area (Å²) < 4.78 is 13.2. The fourth-order valence-electron chi connectivity index (χ4n) is 1.70. The van der Waals surface area contributed by atoms with Gasteiger partial charge in [-0.25, -0.2) is 0 Å². The molecule has 0 aliphatic rings. The molecule has 0 aliphatic carbocycles. The van der Waals surface area contributed by atoms with Gasteiger partial charge in [-0.15, -0.1) is 10.2 Å². The Hall–Kier alpha value is -0.520. The van der Waals surface area contributed by atoms with Crippen molar-refractivity contribution in [3.05, 3.63) is 34.6 Å². The van der Waals surface area contributed by atoms with Crippen molar-refractivity contribution in [1.29, 1.82) is 0 Å². The highest BCUT2D eigenvalue weighted by atomic mass is 127. The van der Waals surface area contributed by atoms with E-state index < -0.39 is 0 Å². The van der Waals surface area contributed by atoms with Crippen molar-refractivity contribution in [3.8, 4) is 5.75 Å². The van der Waals surface area contributed by atoms with E-state index in [-0.39, 0.29) is 0 Å². The molecule has 0 spiro atoms. The number of hydrogen-bond acceptors (Lipinski definition) is 6. The average Bonchev–Trinajstić information content (AvgIpc) is 2.90. The fourth-order valence-corrected chi connectivity index (χ4v) is 2.77. The highest BCUT2D eigenvalue weighted by Gasteiger charge is 2.09. The molecule has 0 saturated heterocycles. The van der Waals surface area contributed by atoms with E-state index in [1.54, 1.807) is 16.0 Å². The molecule has 0 fully saturated rings. The second-order valence-electron chi connectivity index (χ2n) is 4.27. The first-order valence-electron chi connectivity index (χ1n) is 6.51. The van der Waals surface area contributed by atoms with Crippen LogP contribution < -0.4 is 10.1 Å². The Labute approximate surface area is 154 Å². The molecule has 0 aliphatic heterocycles. The van der Waals surface area contributed by atoms with E-state index in [1.807, 2.05) is 28.8 Å². The summed E-state index contributed by atoms with van der Waals surface area (Å²) in [6.07, 6.45) is 0. The smallest absolute Gasteiger partial charge is 0.227 e. The predicted molar refractivity (Wildman–Crippen MR) is 100 cm³/mol. The molecule has 120 valence electrons. The third-order valence-corrected chi connectivity index (χ3v) is 5.07. The molecule has 2 aromatic rings. The van der Waals surface area contributed by atoms with Gasteiger partial charge in [0.05, 0.1) is 13.7 Å². The van der Waals surface area contributed by atoms with Gasteiger partial charge in [0, 0.05) is 12.3 Å². The van der Waals surface area contributed by atoms with E-state index in [0.29, 0.717) is 30.6 Å². The Morgan fingerprint density at radius 2 is 2.09 bits per heavy atom. The molecule has 1 N–H and O–H groups in total. The molecule has 1 aromatic carbocycles. The molecule has 1 aromatic heterocycles. The lowest BCUT2D eigenvalue weighted by Crippen LogP contribution is -2.11.